The van der Waals surface area contributed by atoms with Gasteiger partial charge in [-0.3, -0.25) is 10.1 Å². The van der Waals surface area contributed by atoms with E-state index in [1.54, 1.807) is 18.2 Å². The topological polar surface area (TPSA) is 122 Å². The summed E-state index contributed by atoms with van der Waals surface area (Å²) >= 11 is 8.12. The molecule has 23 heavy (non-hydrogen) atoms. The third-order valence-corrected chi connectivity index (χ3v) is 4.94. The molecule has 0 saturated carbocycles. The number of sulfonamides is 1. The second kappa shape index (κ2) is 6.97. The van der Waals surface area contributed by atoms with E-state index in [2.05, 4.69) is 27.9 Å². The molecular formula is C12H9ClIN3O5S. The van der Waals surface area contributed by atoms with E-state index in [0.29, 0.717) is 10.7 Å². The Morgan fingerprint density at radius 2 is 1.87 bits per heavy atom. The van der Waals surface area contributed by atoms with Gasteiger partial charge in [-0.15, -0.1) is 0 Å². The number of nitro benzene ring substituents is 1. The van der Waals surface area contributed by atoms with Crippen LogP contribution >= 0.6 is 34.2 Å². The van der Waals surface area contributed by atoms with E-state index in [9.17, 15) is 18.5 Å². The van der Waals surface area contributed by atoms with Crippen molar-refractivity contribution in [1.29, 1.82) is 0 Å². The number of benzene rings is 2. The van der Waals surface area contributed by atoms with E-state index in [4.69, 9.17) is 16.8 Å². The summed E-state index contributed by atoms with van der Waals surface area (Å²) in [5.74, 6) is 0. The van der Waals surface area contributed by atoms with Crippen molar-refractivity contribution in [2.45, 2.75) is 4.90 Å². The number of rotatable bonds is 5. The lowest BCUT2D eigenvalue weighted by Gasteiger charge is -2.13. The summed E-state index contributed by atoms with van der Waals surface area (Å²) in [4.78, 5) is 11.0. The Balaban J connectivity index is 2.58. The van der Waals surface area contributed by atoms with Crippen LogP contribution in [-0.2, 0) is 10.0 Å². The van der Waals surface area contributed by atoms with Crippen molar-refractivity contribution in [3.63, 3.8) is 0 Å². The van der Waals surface area contributed by atoms with Crippen LogP contribution in [0, 0.1) is 13.7 Å². The first kappa shape index (κ1) is 17.9. The fourth-order valence-electron chi connectivity index (χ4n) is 1.75. The first-order valence-corrected chi connectivity index (χ1v) is 8.85. The van der Waals surface area contributed by atoms with Crippen molar-refractivity contribution >= 4 is 61.3 Å². The van der Waals surface area contributed by atoms with Gasteiger partial charge < -0.3 is 10.5 Å². The van der Waals surface area contributed by atoms with Crippen LogP contribution in [0.2, 0.25) is 5.02 Å². The molecule has 2 aromatic carbocycles. The number of nitrogens with zero attached hydrogens (tertiary/aromatic N) is 1. The lowest BCUT2D eigenvalue weighted by Crippen LogP contribution is -2.20. The normalized spacial score (nSPS) is 11.3. The molecule has 0 unspecified atom stereocenters. The van der Waals surface area contributed by atoms with Crippen LogP contribution in [0.5, 0.6) is 0 Å². The zero-order valence-electron chi connectivity index (χ0n) is 11.2. The van der Waals surface area contributed by atoms with Gasteiger partial charge in [-0.1, -0.05) is 16.5 Å². The second-order valence-electron chi connectivity index (χ2n) is 4.28. The summed E-state index contributed by atoms with van der Waals surface area (Å²) in [6.45, 7) is 0. The van der Waals surface area contributed by atoms with Gasteiger partial charge in [-0.2, -0.15) is 0 Å². The van der Waals surface area contributed by atoms with Crippen molar-refractivity contribution < 1.29 is 18.5 Å². The van der Waals surface area contributed by atoms with Gasteiger partial charge in [0.05, 0.1) is 21.3 Å². The molecular weight excluding hydrogens is 461 g/mol. The Morgan fingerprint density at radius 3 is 2.43 bits per heavy atom. The Morgan fingerprint density at radius 1 is 1.17 bits per heavy atom. The minimum Gasteiger partial charge on any atom is -0.353 e. The smallest absolute Gasteiger partial charge is 0.271 e. The Bertz CT molecular complexity index is 875. The van der Waals surface area contributed by atoms with E-state index in [1.807, 2.05) is 0 Å². The van der Waals surface area contributed by atoms with Gasteiger partial charge in [0.25, 0.3) is 15.7 Å². The van der Waals surface area contributed by atoms with E-state index in [1.165, 1.54) is 4.89 Å². The van der Waals surface area contributed by atoms with Gasteiger partial charge in [0.15, 0.2) is 0 Å². The molecule has 0 aromatic heterocycles. The lowest BCUT2D eigenvalue weighted by molar-refractivity contribution is -0.384. The lowest BCUT2D eigenvalue weighted by atomic mass is 10.2. The molecule has 2 rings (SSSR count). The highest BCUT2D eigenvalue weighted by atomic mass is 127. The maximum absolute atomic E-state index is 11.8. The van der Waals surface area contributed by atoms with E-state index < -0.39 is 14.9 Å². The number of non-ortho nitro benzene ring substituents is 1. The van der Waals surface area contributed by atoms with Crippen LogP contribution in [0.1, 0.15) is 0 Å². The van der Waals surface area contributed by atoms with E-state index >= 15 is 0 Å². The van der Waals surface area contributed by atoms with Crippen LogP contribution in [0.3, 0.4) is 0 Å². The third kappa shape index (κ3) is 4.09. The average molecular weight is 470 g/mol. The van der Waals surface area contributed by atoms with Crippen LogP contribution in [-0.4, -0.2) is 18.5 Å². The molecule has 0 atom stereocenters. The predicted octanol–water partition coefficient (Wildman–Crippen LogP) is 3.26. The summed E-state index contributed by atoms with van der Waals surface area (Å²) in [6.07, 6.45) is 0. The van der Waals surface area contributed by atoms with Crippen molar-refractivity contribution in [2.75, 3.05) is 5.32 Å². The van der Waals surface area contributed by atoms with Crippen molar-refractivity contribution in [1.82, 2.24) is 4.89 Å². The number of anilines is 2. The Kier molecular flexibility index (Phi) is 5.41. The van der Waals surface area contributed by atoms with Crippen molar-refractivity contribution in [2.24, 2.45) is 0 Å². The minimum atomic E-state index is -4.24. The van der Waals surface area contributed by atoms with Gasteiger partial charge in [0, 0.05) is 15.7 Å². The summed E-state index contributed by atoms with van der Waals surface area (Å²) in [7, 11) is -4.24. The molecule has 2 aromatic rings. The van der Waals surface area contributed by atoms with Gasteiger partial charge in [-0.05, 0) is 46.9 Å². The fraction of sp³-hybridized carbons (Fsp3) is 0. The zero-order valence-corrected chi connectivity index (χ0v) is 14.9. The Hall–Kier alpha value is -1.47. The summed E-state index contributed by atoms with van der Waals surface area (Å²) < 4.78 is 24.5. The van der Waals surface area contributed by atoms with Crippen LogP contribution in [0.4, 0.5) is 17.1 Å². The number of hydrogen-bond acceptors (Lipinski definition) is 6. The molecule has 0 radical (unpaired) electrons. The minimum absolute atomic E-state index is 0.0936. The fourth-order valence-corrected chi connectivity index (χ4v) is 3.40. The number of nitro groups is 1. The van der Waals surface area contributed by atoms with E-state index in [-0.39, 0.29) is 16.3 Å². The van der Waals surface area contributed by atoms with Gasteiger partial charge in [0.2, 0.25) is 0 Å². The van der Waals surface area contributed by atoms with Gasteiger partial charge in [0.1, 0.15) is 4.90 Å². The average Bonchev–Trinajstić information content (AvgIpc) is 2.49. The highest BCUT2D eigenvalue weighted by Gasteiger charge is 2.21. The maximum Gasteiger partial charge on any atom is 0.271 e. The molecule has 122 valence electrons. The molecule has 0 amide bonds. The summed E-state index contributed by atoms with van der Waals surface area (Å²) in [6, 6.07) is 8.04. The standard InChI is InChI=1S/C12H9ClIN3O5S/c13-9-5-7(14)1-3-10(9)15-11-6-8(17(19)20)2-4-12(11)23(21,22)16-18/h1-6,15-16,18H. The molecule has 0 saturated heterocycles. The molecule has 0 fully saturated rings. The molecule has 8 nitrogen and oxygen atoms in total. The second-order valence-corrected chi connectivity index (χ2v) is 7.56. The molecule has 0 aliphatic rings. The highest BCUT2D eigenvalue weighted by Crippen LogP contribution is 2.32. The largest absolute Gasteiger partial charge is 0.353 e. The quantitative estimate of drug-likeness (QED) is 0.351. The number of hydrogen-bond donors (Lipinski definition) is 3. The molecule has 3 N–H and O–H groups in total. The number of nitrogens with one attached hydrogen (secondary N) is 2. The molecule has 0 heterocycles. The first-order chi connectivity index (χ1) is 10.7. The Labute approximate surface area is 149 Å². The van der Waals surface area contributed by atoms with Crippen LogP contribution in [0.15, 0.2) is 41.3 Å². The predicted molar refractivity (Wildman–Crippen MR) is 92.7 cm³/mol. The van der Waals surface area contributed by atoms with E-state index in [0.717, 1.165) is 21.8 Å². The van der Waals surface area contributed by atoms with Crippen LogP contribution < -0.4 is 10.2 Å². The highest BCUT2D eigenvalue weighted by molar-refractivity contribution is 14.1. The van der Waals surface area contributed by atoms with Crippen LogP contribution in [0.25, 0.3) is 0 Å². The third-order valence-electron chi connectivity index (χ3n) is 2.78. The first-order valence-electron chi connectivity index (χ1n) is 5.91. The van der Waals surface area contributed by atoms with Gasteiger partial charge in [-0.25, -0.2) is 8.42 Å². The maximum atomic E-state index is 11.8. The van der Waals surface area contributed by atoms with Crippen molar-refractivity contribution in [3.05, 3.63) is 55.1 Å². The molecule has 0 bridgehead atoms. The molecule has 0 spiro atoms. The number of halogens is 2. The monoisotopic (exact) mass is 469 g/mol. The molecule has 0 aliphatic carbocycles. The summed E-state index contributed by atoms with van der Waals surface area (Å²) in [5.41, 5.74) is -0.0446. The summed E-state index contributed by atoms with van der Waals surface area (Å²) in [5, 5.41) is 22.7. The van der Waals surface area contributed by atoms with Crippen molar-refractivity contribution in [3.8, 4) is 0 Å². The zero-order chi connectivity index (χ0) is 17.2. The van der Waals surface area contributed by atoms with Gasteiger partial charge >= 0.3 is 0 Å². The molecule has 11 heteroatoms. The molecule has 0 aliphatic heterocycles. The SMILES string of the molecule is O=[N+]([O-])c1ccc(S(=O)(=O)NO)c(Nc2ccc(I)cc2Cl)c1.